The van der Waals surface area contributed by atoms with Crippen LogP contribution in [0.5, 0.6) is 0 Å². The molecule has 15 heavy (non-hydrogen) atoms. The monoisotopic (exact) mass is 216 g/mol. The van der Waals surface area contributed by atoms with Gasteiger partial charge < -0.3 is 14.2 Å². The molecule has 1 rings (SSSR count). The van der Waals surface area contributed by atoms with E-state index in [0.717, 1.165) is 52.5 Å². The van der Waals surface area contributed by atoms with E-state index in [1.54, 1.807) is 0 Å². The third-order valence-corrected chi connectivity index (χ3v) is 2.63. The van der Waals surface area contributed by atoms with Crippen LogP contribution < -0.4 is 0 Å². The lowest BCUT2D eigenvalue weighted by Gasteiger charge is -2.37. The molecule has 1 saturated heterocycles. The molecule has 0 atom stereocenters. The summed E-state index contributed by atoms with van der Waals surface area (Å²) in [5.41, 5.74) is 0.297. The number of ether oxygens (including phenoxy) is 3. The summed E-state index contributed by atoms with van der Waals surface area (Å²) in [7, 11) is 0. The molecule has 1 fully saturated rings. The Bertz CT molecular complexity index is 155. The standard InChI is InChI=1S/C12H24O3/c1-3-13-7-5-4-6-8-14-9-12(2)10-15-11-12/h3-11H2,1-2H3. The van der Waals surface area contributed by atoms with E-state index in [1.165, 1.54) is 6.42 Å². The normalized spacial score (nSPS) is 18.8. The van der Waals surface area contributed by atoms with E-state index in [9.17, 15) is 0 Å². The zero-order valence-corrected chi connectivity index (χ0v) is 10.1. The van der Waals surface area contributed by atoms with Crippen LogP contribution in [-0.4, -0.2) is 39.6 Å². The second kappa shape index (κ2) is 7.20. The maximum atomic E-state index is 5.63. The summed E-state index contributed by atoms with van der Waals surface area (Å²) in [6.45, 7) is 9.40. The van der Waals surface area contributed by atoms with Crippen LogP contribution in [0.25, 0.3) is 0 Å². The molecule has 0 saturated carbocycles. The molecule has 0 aromatic carbocycles. The Morgan fingerprint density at radius 1 is 1.07 bits per heavy atom. The molecule has 0 N–H and O–H groups in total. The first-order chi connectivity index (χ1) is 7.27. The van der Waals surface area contributed by atoms with Crippen molar-refractivity contribution in [1.29, 1.82) is 0 Å². The van der Waals surface area contributed by atoms with Crippen molar-refractivity contribution in [3.05, 3.63) is 0 Å². The second-order valence-corrected chi connectivity index (χ2v) is 4.61. The van der Waals surface area contributed by atoms with Gasteiger partial charge in [0.25, 0.3) is 0 Å². The zero-order valence-electron chi connectivity index (χ0n) is 10.1. The lowest BCUT2D eigenvalue weighted by molar-refractivity contribution is -0.138. The molecule has 0 bridgehead atoms. The van der Waals surface area contributed by atoms with E-state index in [2.05, 4.69) is 6.92 Å². The topological polar surface area (TPSA) is 27.7 Å². The summed E-state index contributed by atoms with van der Waals surface area (Å²) in [5.74, 6) is 0. The van der Waals surface area contributed by atoms with Gasteiger partial charge in [0.2, 0.25) is 0 Å². The summed E-state index contributed by atoms with van der Waals surface area (Å²) >= 11 is 0. The highest BCUT2D eigenvalue weighted by atomic mass is 16.5. The molecule has 3 nitrogen and oxygen atoms in total. The Labute approximate surface area is 93.1 Å². The fraction of sp³-hybridized carbons (Fsp3) is 1.00. The molecule has 0 aromatic heterocycles. The molecule has 0 aromatic rings. The first kappa shape index (κ1) is 12.9. The quantitative estimate of drug-likeness (QED) is 0.553. The molecule has 0 unspecified atom stereocenters. The molecule has 1 aliphatic heterocycles. The number of unbranched alkanes of at least 4 members (excludes halogenated alkanes) is 2. The van der Waals surface area contributed by atoms with Gasteiger partial charge in [0.1, 0.15) is 0 Å². The largest absolute Gasteiger partial charge is 0.382 e. The summed E-state index contributed by atoms with van der Waals surface area (Å²) in [6, 6.07) is 0. The summed E-state index contributed by atoms with van der Waals surface area (Å²) in [5, 5.41) is 0. The molecular weight excluding hydrogens is 192 g/mol. The highest BCUT2D eigenvalue weighted by Gasteiger charge is 2.33. The Morgan fingerprint density at radius 3 is 2.27 bits per heavy atom. The van der Waals surface area contributed by atoms with E-state index < -0.39 is 0 Å². The predicted octanol–water partition coefficient (Wildman–Crippen LogP) is 2.25. The van der Waals surface area contributed by atoms with Crippen LogP contribution in [-0.2, 0) is 14.2 Å². The van der Waals surface area contributed by atoms with Crippen molar-refractivity contribution in [3.63, 3.8) is 0 Å². The minimum atomic E-state index is 0.297. The number of hydrogen-bond donors (Lipinski definition) is 0. The molecule has 0 spiro atoms. The third kappa shape index (κ3) is 5.50. The average Bonchev–Trinajstić information content (AvgIpc) is 2.19. The second-order valence-electron chi connectivity index (χ2n) is 4.61. The van der Waals surface area contributed by atoms with Crippen LogP contribution in [0, 0.1) is 5.41 Å². The lowest BCUT2D eigenvalue weighted by Crippen LogP contribution is -2.43. The minimum Gasteiger partial charge on any atom is -0.382 e. The number of rotatable bonds is 9. The highest BCUT2D eigenvalue weighted by molar-refractivity contribution is 4.79. The fourth-order valence-electron chi connectivity index (χ4n) is 1.58. The molecule has 0 amide bonds. The molecule has 1 heterocycles. The van der Waals surface area contributed by atoms with Crippen molar-refractivity contribution in [2.24, 2.45) is 5.41 Å². The van der Waals surface area contributed by atoms with Gasteiger partial charge in [-0.3, -0.25) is 0 Å². The minimum absolute atomic E-state index is 0.297. The van der Waals surface area contributed by atoms with Crippen molar-refractivity contribution in [1.82, 2.24) is 0 Å². The Morgan fingerprint density at radius 2 is 1.73 bits per heavy atom. The maximum Gasteiger partial charge on any atom is 0.0564 e. The Balaban J connectivity index is 1.77. The van der Waals surface area contributed by atoms with Crippen LogP contribution >= 0.6 is 0 Å². The SMILES string of the molecule is CCOCCCCCOCC1(C)COC1. The van der Waals surface area contributed by atoms with E-state index in [1.807, 2.05) is 6.92 Å². The summed E-state index contributed by atoms with van der Waals surface area (Å²) in [6.07, 6.45) is 3.49. The van der Waals surface area contributed by atoms with Gasteiger partial charge in [-0.15, -0.1) is 0 Å². The molecule has 1 aliphatic rings. The Kier molecular flexibility index (Phi) is 6.22. The van der Waals surface area contributed by atoms with Gasteiger partial charge in [0.05, 0.1) is 19.8 Å². The predicted molar refractivity (Wildman–Crippen MR) is 60.1 cm³/mol. The molecule has 0 radical (unpaired) electrons. The van der Waals surface area contributed by atoms with Crippen LogP contribution in [0.2, 0.25) is 0 Å². The first-order valence-corrected chi connectivity index (χ1v) is 6.00. The van der Waals surface area contributed by atoms with Gasteiger partial charge in [-0.2, -0.15) is 0 Å². The summed E-state index contributed by atoms with van der Waals surface area (Å²) in [4.78, 5) is 0. The van der Waals surface area contributed by atoms with Crippen molar-refractivity contribution >= 4 is 0 Å². The van der Waals surface area contributed by atoms with E-state index >= 15 is 0 Å². The third-order valence-electron chi connectivity index (χ3n) is 2.63. The maximum absolute atomic E-state index is 5.63. The smallest absolute Gasteiger partial charge is 0.0564 e. The van der Waals surface area contributed by atoms with E-state index in [-0.39, 0.29) is 0 Å². The van der Waals surface area contributed by atoms with Gasteiger partial charge in [0, 0.05) is 25.2 Å². The highest BCUT2D eigenvalue weighted by Crippen LogP contribution is 2.26. The van der Waals surface area contributed by atoms with Crippen LogP contribution in [0.15, 0.2) is 0 Å². The van der Waals surface area contributed by atoms with Crippen LogP contribution in [0.1, 0.15) is 33.1 Å². The van der Waals surface area contributed by atoms with Gasteiger partial charge in [-0.1, -0.05) is 6.92 Å². The van der Waals surface area contributed by atoms with Crippen LogP contribution in [0.3, 0.4) is 0 Å². The van der Waals surface area contributed by atoms with Crippen molar-refractivity contribution in [2.75, 3.05) is 39.6 Å². The average molecular weight is 216 g/mol. The van der Waals surface area contributed by atoms with Gasteiger partial charge in [-0.25, -0.2) is 0 Å². The van der Waals surface area contributed by atoms with Gasteiger partial charge in [-0.05, 0) is 26.2 Å². The van der Waals surface area contributed by atoms with Crippen molar-refractivity contribution < 1.29 is 14.2 Å². The number of hydrogen-bond acceptors (Lipinski definition) is 3. The van der Waals surface area contributed by atoms with Gasteiger partial charge in [0.15, 0.2) is 0 Å². The zero-order chi connectivity index (χ0) is 11.0. The van der Waals surface area contributed by atoms with Crippen molar-refractivity contribution in [2.45, 2.75) is 33.1 Å². The molecule has 0 aliphatic carbocycles. The molecular formula is C12H24O3. The Hall–Kier alpha value is -0.120. The van der Waals surface area contributed by atoms with E-state index in [0.29, 0.717) is 5.41 Å². The van der Waals surface area contributed by atoms with E-state index in [4.69, 9.17) is 14.2 Å². The lowest BCUT2D eigenvalue weighted by atomic mass is 9.90. The molecule has 90 valence electrons. The van der Waals surface area contributed by atoms with Gasteiger partial charge >= 0.3 is 0 Å². The first-order valence-electron chi connectivity index (χ1n) is 6.00. The van der Waals surface area contributed by atoms with Crippen molar-refractivity contribution in [3.8, 4) is 0 Å². The fourth-order valence-corrected chi connectivity index (χ4v) is 1.58. The summed E-state index contributed by atoms with van der Waals surface area (Å²) < 4.78 is 16.1. The molecule has 3 heteroatoms. The van der Waals surface area contributed by atoms with Crippen LogP contribution in [0.4, 0.5) is 0 Å².